The highest BCUT2D eigenvalue weighted by atomic mass is 35.5. The van der Waals surface area contributed by atoms with E-state index in [9.17, 15) is 0 Å². The van der Waals surface area contributed by atoms with Crippen molar-refractivity contribution in [3.8, 4) is 22.8 Å². The fourth-order valence-electron chi connectivity index (χ4n) is 2.47. The summed E-state index contributed by atoms with van der Waals surface area (Å²) in [5.41, 5.74) is 5.68. The molecule has 0 amide bonds. The number of anilines is 1. The maximum atomic E-state index is 6.38. The van der Waals surface area contributed by atoms with Crippen LogP contribution < -0.4 is 14.9 Å². The van der Waals surface area contributed by atoms with E-state index < -0.39 is 0 Å². The van der Waals surface area contributed by atoms with E-state index in [0.717, 1.165) is 23.2 Å². The number of hydrazone groups is 1. The molecule has 0 radical (unpaired) electrons. The molecule has 0 aliphatic carbocycles. The smallest absolute Gasteiger partial charge is 0.203 e. The van der Waals surface area contributed by atoms with Crippen molar-refractivity contribution in [3.63, 3.8) is 0 Å². The summed E-state index contributed by atoms with van der Waals surface area (Å²) < 4.78 is 11.4. The summed E-state index contributed by atoms with van der Waals surface area (Å²) in [7, 11) is 0. The first-order valence-electron chi connectivity index (χ1n) is 9.10. The minimum absolute atomic E-state index is 0.542. The minimum Gasteiger partial charge on any atom is -0.490 e. The molecular weight excluding hydrogens is 394 g/mol. The molecule has 0 unspecified atom stereocenters. The van der Waals surface area contributed by atoms with Gasteiger partial charge in [0, 0.05) is 22.6 Å². The van der Waals surface area contributed by atoms with E-state index in [4.69, 9.17) is 21.1 Å². The lowest BCUT2D eigenvalue weighted by Crippen LogP contribution is -2.01. The molecule has 0 atom stereocenters. The molecular formula is C21H22ClN3O2S. The van der Waals surface area contributed by atoms with Crippen molar-refractivity contribution in [2.45, 2.75) is 20.3 Å². The SMILES string of the molecule is CCCOc1cc(Cl)c(C=NNc2nc(-c3ccccc3)cs2)cc1OCC. The second kappa shape index (κ2) is 10.1. The molecule has 0 saturated heterocycles. The number of aromatic nitrogens is 1. The molecule has 0 aliphatic rings. The Balaban J connectivity index is 1.71. The average Bonchev–Trinajstić information content (AvgIpc) is 3.19. The van der Waals surface area contributed by atoms with Crippen molar-refractivity contribution >= 4 is 34.3 Å². The van der Waals surface area contributed by atoms with Gasteiger partial charge in [-0.25, -0.2) is 4.98 Å². The van der Waals surface area contributed by atoms with Crippen LogP contribution in [0.4, 0.5) is 5.13 Å². The van der Waals surface area contributed by atoms with Crippen LogP contribution in [0.5, 0.6) is 11.5 Å². The average molecular weight is 416 g/mol. The first-order valence-corrected chi connectivity index (χ1v) is 10.4. The minimum atomic E-state index is 0.542. The second-order valence-electron chi connectivity index (χ2n) is 5.88. The normalized spacial score (nSPS) is 11.0. The van der Waals surface area contributed by atoms with Crippen molar-refractivity contribution in [1.82, 2.24) is 4.98 Å². The Hall–Kier alpha value is -2.57. The van der Waals surface area contributed by atoms with E-state index in [1.807, 2.05) is 48.7 Å². The van der Waals surface area contributed by atoms with Crippen LogP contribution >= 0.6 is 22.9 Å². The Labute approximate surface area is 174 Å². The van der Waals surface area contributed by atoms with E-state index in [-0.39, 0.29) is 0 Å². The third-order valence-electron chi connectivity index (χ3n) is 3.76. The molecule has 1 aromatic heterocycles. The highest BCUT2D eigenvalue weighted by Gasteiger charge is 2.10. The number of hydrogen-bond acceptors (Lipinski definition) is 6. The summed E-state index contributed by atoms with van der Waals surface area (Å²) in [6, 6.07) is 13.6. The third-order valence-corrected chi connectivity index (χ3v) is 4.84. The van der Waals surface area contributed by atoms with E-state index >= 15 is 0 Å². The molecule has 3 aromatic rings. The van der Waals surface area contributed by atoms with Crippen molar-refractivity contribution in [2.75, 3.05) is 18.6 Å². The summed E-state index contributed by atoms with van der Waals surface area (Å²) >= 11 is 7.87. The fourth-order valence-corrected chi connectivity index (χ4v) is 3.34. The first kappa shape index (κ1) is 20.2. The fraction of sp³-hybridized carbons (Fsp3) is 0.238. The predicted molar refractivity (Wildman–Crippen MR) is 117 cm³/mol. The second-order valence-corrected chi connectivity index (χ2v) is 7.14. The molecule has 28 heavy (non-hydrogen) atoms. The van der Waals surface area contributed by atoms with Crippen molar-refractivity contribution in [1.29, 1.82) is 0 Å². The third kappa shape index (κ3) is 5.24. The number of benzene rings is 2. The summed E-state index contributed by atoms with van der Waals surface area (Å²) in [5, 5.41) is 7.51. The molecule has 3 rings (SSSR count). The molecule has 0 bridgehead atoms. The number of halogens is 1. The number of nitrogens with one attached hydrogen (secondary N) is 1. The van der Waals surface area contributed by atoms with Crippen LogP contribution in [-0.2, 0) is 0 Å². The lowest BCUT2D eigenvalue weighted by molar-refractivity contribution is 0.277. The first-order chi connectivity index (χ1) is 13.7. The van der Waals surface area contributed by atoms with E-state index in [2.05, 4.69) is 22.4 Å². The maximum Gasteiger partial charge on any atom is 0.203 e. The van der Waals surface area contributed by atoms with Gasteiger partial charge in [0.25, 0.3) is 0 Å². The Kier molecular flexibility index (Phi) is 7.28. The Morgan fingerprint density at radius 2 is 1.93 bits per heavy atom. The standard InChI is InChI=1S/C21H22ClN3O2S/c1-3-10-27-20-12-17(22)16(11-19(20)26-4-2)13-23-25-21-24-18(14-28-21)15-8-6-5-7-9-15/h5-9,11-14H,3-4,10H2,1-2H3,(H,24,25). The molecule has 0 spiro atoms. The predicted octanol–water partition coefficient (Wildman–Crippen LogP) is 6.10. The van der Waals surface area contributed by atoms with Gasteiger partial charge in [-0.3, -0.25) is 5.43 Å². The summed E-state index contributed by atoms with van der Waals surface area (Å²) in [4.78, 5) is 4.54. The molecule has 1 heterocycles. The number of ether oxygens (including phenoxy) is 2. The van der Waals surface area contributed by atoms with Gasteiger partial charge in [-0.1, -0.05) is 48.9 Å². The Morgan fingerprint density at radius 1 is 1.14 bits per heavy atom. The van der Waals surface area contributed by atoms with Gasteiger partial charge < -0.3 is 9.47 Å². The van der Waals surface area contributed by atoms with E-state index in [1.54, 1.807) is 12.3 Å². The van der Waals surface area contributed by atoms with Crippen LogP contribution in [0.1, 0.15) is 25.8 Å². The maximum absolute atomic E-state index is 6.38. The highest BCUT2D eigenvalue weighted by molar-refractivity contribution is 7.14. The highest BCUT2D eigenvalue weighted by Crippen LogP contribution is 2.33. The van der Waals surface area contributed by atoms with Crippen molar-refractivity contribution in [3.05, 3.63) is 58.4 Å². The zero-order chi connectivity index (χ0) is 19.8. The largest absolute Gasteiger partial charge is 0.490 e. The molecule has 2 aromatic carbocycles. The molecule has 7 heteroatoms. The van der Waals surface area contributed by atoms with Gasteiger partial charge in [-0.05, 0) is 19.4 Å². The van der Waals surface area contributed by atoms with Gasteiger partial charge in [0.15, 0.2) is 11.5 Å². The van der Waals surface area contributed by atoms with Crippen LogP contribution in [-0.4, -0.2) is 24.4 Å². The van der Waals surface area contributed by atoms with Crippen LogP contribution in [0, 0.1) is 0 Å². The summed E-state index contributed by atoms with van der Waals surface area (Å²) in [5.74, 6) is 1.30. The van der Waals surface area contributed by atoms with Crippen LogP contribution in [0.25, 0.3) is 11.3 Å². The number of thiazole rings is 1. The van der Waals surface area contributed by atoms with E-state index in [0.29, 0.717) is 34.9 Å². The van der Waals surface area contributed by atoms with Gasteiger partial charge in [-0.15, -0.1) is 11.3 Å². The van der Waals surface area contributed by atoms with Crippen molar-refractivity contribution < 1.29 is 9.47 Å². The number of rotatable bonds is 9. The molecule has 0 aliphatic heterocycles. The van der Waals surface area contributed by atoms with Crippen molar-refractivity contribution in [2.24, 2.45) is 5.10 Å². The van der Waals surface area contributed by atoms with Crippen LogP contribution in [0.3, 0.4) is 0 Å². The zero-order valence-corrected chi connectivity index (χ0v) is 17.4. The summed E-state index contributed by atoms with van der Waals surface area (Å²) in [6.07, 6.45) is 2.56. The Morgan fingerprint density at radius 3 is 2.68 bits per heavy atom. The van der Waals surface area contributed by atoms with Gasteiger partial charge in [0.1, 0.15) is 0 Å². The van der Waals surface area contributed by atoms with Gasteiger partial charge in [0.05, 0.1) is 30.1 Å². The molecule has 0 fully saturated rings. The summed E-state index contributed by atoms with van der Waals surface area (Å²) in [6.45, 7) is 5.14. The van der Waals surface area contributed by atoms with Crippen LogP contribution in [0.2, 0.25) is 5.02 Å². The molecule has 146 valence electrons. The Bertz CT molecular complexity index is 929. The van der Waals surface area contributed by atoms with Gasteiger partial charge >= 0.3 is 0 Å². The topological polar surface area (TPSA) is 55.7 Å². The quantitative estimate of drug-likeness (QED) is 0.339. The number of nitrogens with zero attached hydrogens (tertiary/aromatic N) is 2. The number of hydrogen-bond donors (Lipinski definition) is 1. The van der Waals surface area contributed by atoms with Crippen LogP contribution in [0.15, 0.2) is 52.9 Å². The van der Waals surface area contributed by atoms with E-state index in [1.165, 1.54) is 11.3 Å². The molecule has 1 N–H and O–H groups in total. The lowest BCUT2D eigenvalue weighted by atomic mass is 10.2. The lowest BCUT2D eigenvalue weighted by Gasteiger charge is -2.13. The molecule has 0 saturated carbocycles. The van der Waals surface area contributed by atoms with Gasteiger partial charge in [0.2, 0.25) is 5.13 Å². The molecule has 5 nitrogen and oxygen atoms in total. The van der Waals surface area contributed by atoms with Gasteiger partial charge in [-0.2, -0.15) is 5.10 Å². The monoisotopic (exact) mass is 415 g/mol. The zero-order valence-electron chi connectivity index (χ0n) is 15.8.